The number of benzene rings is 2. The van der Waals surface area contributed by atoms with Gasteiger partial charge in [0, 0.05) is 11.4 Å². The molecular formula is C19H20FNOS. The maximum absolute atomic E-state index is 12.8. The molecule has 3 rings (SSSR count). The number of fused-ring (bicyclic) bond motifs is 1. The topological polar surface area (TPSA) is 29.1 Å². The first-order valence-corrected chi connectivity index (χ1v) is 8.95. The first-order valence-electron chi connectivity index (χ1n) is 7.96. The van der Waals surface area contributed by atoms with E-state index in [1.165, 1.54) is 41.0 Å². The van der Waals surface area contributed by atoms with Crippen molar-refractivity contribution >= 4 is 17.7 Å². The largest absolute Gasteiger partial charge is 0.355 e. The number of aryl methyl sites for hydroxylation is 2. The Kier molecular flexibility index (Phi) is 5.34. The molecule has 0 saturated heterocycles. The molecule has 0 bridgehead atoms. The fourth-order valence-electron chi connectivity index (χ4n) is 2.84. The molecule has 1 amide bonds. The maximum Gasteiger partial charge on any atom is 0.230 e. The van der Waals surface area contributed by atoms with Gasteiger partial charge in [0.05, 0.1) is 5.75 Å². The van der Waals surface area contributed by atoms with Crippen molar-refractivity contribution in [1.29, 1.82) is 0 Å². The summed E-state index contributed by atoms with van der Waals surface area (Å²) in [5, 5.41) is 2.91. The molecule has 0 unspecified atom stereocenters. The minimum atomic E-state index is -0.233. The lowest BCUT2D eigenvalue weighted by molar-refractivity contribution is -0.118. The van der Waals surface area contributed by atoms with Gasteiger partial charge < -0.3 is 5.32 Å². The van der Waals surface area contributed by atoms with E-state index < -0.39 is 0 Å². The number of rotatable bonds is 6. The molecule has 1 aliphatic rings. The Morgan fingerprint density at radius 1 is 1.09 bits per heavy atom. The molecule has 0 spiro atoms. The Labute approximate surface area is 140 Å². The molecule has 0 saturated carbocycles. The Morgan fingerprint density at radius 3 is 2.70 bits per heavy atom. The number of amides is 1. The number of carbonyl (C=O) groups excluding carboxylic acids is 1. The highest BCUT2D eigenvalue weighted by Crippen LogP contribution is 2.27. The van der Waals surface area contributed by atoms with Gasteiger partial charge in [0.25, 0.3) is 0 Å². The van der Waals surface area contributed by atoms with Crippen LogP contribution in [-0.4, -0.2) is 18.2 Å². The summed E-state index contributed by atoms with van der Waals surface area (Å²) in [4.78, 5) is 13.1. The van der Waals surface area contributed by atoms with Gasteiger partial charge in [-0.15, -0.1) is 11.8 Å². The second-order valence-electron chi connectivity index (χ2n) is 5.80. The van der Waals surface area contributed by atoms with Crippen LogP contribution in [0.4, 0.5) is 4.39 Å². The number of thioether (sulfide) groups is 1. The fraction of sp³-hybridized carbons (Fsp3) is 0.316. The molecule has 0 radical (unpaired) electrons. The van der Waals surface area contributed by atoms with Crippen molar-refractivity contribution in [2.24, 2.45) is 0 Å². The highest BCUT2D eigenvalue weighted by atomic mass is 32.2. The maximum atomic E-state index is 12.8. The molecule has 1 N–H and O–H groups in total. The van der Waals surface area contributed by atoms with E-state index in [9.17, 15) is 9.18 Å². The third-order valence-corrected chi connectivity index (χ3v) is 5.08. The minimum Gasteiger partial charge on any atom is -0.355 e. The highest BCUT2D eigenvalue weighted by Gasteiger charge is 2.11. The van der Waals surface area contributed by atoms with E-state index in [2.05, 4.69) is 23.5 Å². The van der Waals surface area contributed by atoms with E-state index in [1.807, 2.05) is 0 Å². The smallest absolute Gasteiger partial charge is 0.230 e. The lowest BCUT2D eigenvalue weighted by atomic mass is 10.1. The van der Waals surface area contributed by atoms with Gasteiger partial charge in [-0.2, -0.15) is 0 Å². The minimum absolute atomic E-state index is 0.0395. The summed E-state index contributed by atoms with van der Waals surface area (Å²) >= 11 is 1.58. The number of carbonyl (C=O) groups is 1. The van der Waals surface area contributed by atoms with Crippen LogP contribution < -0.4 is 5.32 Å². The molecule has 4 heteroatoms. The van der Waals surface area contributed by atoms with Crippen molar-refractivity contribution in [2.45, 2.75) is 30.6 Å². The van der Waals surface area contributed by atoms with E-state index in [4.69, 9.17) is 0 Å². The van der Waals surface area contributed by atoms with Gasteiger partial charge in [-0.3, -0.25) is 4.79 Å². The molecule has 0 fully saturated rings. The van der Waals surface area contributed by atoms with Gasteiger partial charge in [0.15, 0.2) is 0 Å². The van der Waals surface area contributed by atoms with Crippen molar-refractivity contribution in [3.63, 3.8) is 0 Å². The lowest BCUT2D eigenvalue weighted by Crippen LogP contribution is -2.27. The summed E-state index contributed by atoms with van der Waals surface area (Å²) in [6, 6.07) is 12.9. The van der Waals surface area contributed by atoms with Gasteiger partial charge in [-0.05, 0) is 66.6 Å². The van der Waals surface area contributed by atoms with E-state index in [0.717, 1.165) is 18.4 Å². The zero-order valence-corrected chi connectivity index (χ0v) is 13.8. The van der Waals surface area contributed by atoms with Crippen LogP contribution in [0.15, 0.2) is 47.4 Å². The predicted molar refractivity (Wildman–Crippen MR) is 92.3 cm³/mol. The summed E-state index contributed by atoms with van der Waals surface area (Å²) in [5.41, 5.74) is 3.92. The lowest BCUT2D eigenvalue weighted by Gasteiger charge is -2.07. The number of hydrogen-bond donors (Lipinski definition) is 1. The molecule has 2 nitrogen and oxygen atoms in total. The molecule has 23 heavy (non-hydrogen) atoms. The van der Waals surface area contributed by atoms with Gasteiger partial charge in [0.2, 0.25) is 5.91 Å². The summed E-state index contributed by atoms with van der Waals surface area (Å²) in [7, 11) is 0. The Bertz CT molecular complexity index is 684. The summed E-state index contributed by atoms with van der Waals surface area (Å²) in [6.45, 7) is 0.579. The third-order valence-electron chi connectivity index (χ3n) is 4.09. The van der Waals surface area contributed by atoms with Gasteiger partial charge in [0.1, 0.15) is 5.82 Å². The molecular weight excluding hydrogens is 309 g/mol. The highest BCUT2D eigenvalue weighted by molar-refractivity contribution is 8.00. The summed E-state index contributed by atoms with van der Waals surface area (Å²) in [5.74, 6) is 0.239. The Balaban J connectivity index is 1.40. The van der Waals surface area contributed by atoms with Gasteiger partial charge in [-0.1, -0.05) is 18.2 Å². The standard InChI is InChI=1S/C19H20FNOS/c20-17-7-4-14(5-8-17)10-11-21-19(22)13-23-18-9-6-15-2-1-3-16(15)12-18/h4-9,12H,1-3,10-11,13H2,(H,21,22). The predicted octanol–water partition coefficient (Wildman–Crippen LogP) is 3.77. The molecule has 0 atom stereocenters. The summed E-state index contributed by atoms with van der Waals surface area (Å²) in [6.07, 6.45) is 4.31. The van der Waals surface area contributed by atoms with Crippen LogP contribution in [0.25, 0.3) is 0 Å². The Hall–Kier alpha value is -1.81. The van der Waals surface area contributed by atoms with Crippen molar-refractivity contribution in [3.05, 3.63) is 65.0 Å². The van der Waals surface area contributed by atoms with Gasteiger partial charge >= 0.3 is 0 Å². The monoisotopic (exact) mass is 329 g/mol. The fourth-order valence-corrected chi connectivity index (χ4v) is 3.62. The molecule has 0 heterocycles. The zero-order chi connectivity index (χ0) is 16.1. The van der Waals surface area contributed by atoms with Crippen molar-refractivity contribution in [1.82, 2.24) is 5.32 Å². The first-order chi connectivity index (χ1) is 11.2. The third kappa shape index (κ3) is 4.58. The van der Waals surface area contributed by atoms with Crippen LogP contribution >= 0.6 is 11.8 Å². The van der Waals surface area contributed by atoms with Crippen molar-refractivity contribution in [3.8, 4) is 0 Å². The second kappa shape index (κ2) is 7.64. The van der Waals surface area contributed by atoms with E-state index in [1.54, 1.807) is 23.9 Å². The molecule has 2 aromatic rings. The van der Waals surface area contributed by atoms with Crippen LogP contribution in [0.3, 0.4) is 0 Å². The average molecular weight is 329 g/mol. The van der Waals surface area contributed by atoms with Crippen LogP contribution in [0, 0.1) is 5.82 Å². The number of halogens is 1. The van der Waals surface area contributed by atoms with Crippen molar-refractivity contribution in [2.75, 3.05) is 12.3 Å². The average Bonchev–Trinajstić information content (AvgIpc) is 3.02. The normalized spacial score (nSPS) is 12.9. The van der Waals surface area contributed by atoms with Crippen LogP contribution in [-0.2, 0) is 24.1 Å². The Morgan fingerprint density at radius 2 is 1.87 bits per heavy atom. The van der Waals surface area contributed by atoms with E-state index in [0.29, 0.717) is 12.3 Å². The van der Waals surface area contributed by atoms with E-state index in [-0.39, 0.29) is 11.7 Å². The molecule has 0 aromatic heterocycles. The van der Waals surface area contributed by atoms with Crippen LogP contribution in [0.1, 0.15) is 23.1 Å². The molecule has 1 aliphatic carbocycles. The number of hydrogen-bond acceptors (Lipinski definition) is 2. The number of nitrogens with one attached hydrogen (secondary N) is 1. The zero-order valence-electron chi connectivity index (χ0n) is 13.0. The second-order valence-corrected chi connectivity index (χ2v) is 6.85. The quantitative estimate of drug-likeness (QED) is 0.818. The molecule has 120 valence electrons. The van der Waals surface area contributed by atoms with Crippen LogP contribution in [0.5, 0.6) is 0 Å². The van der Waals surface area contributed by atoms with Crippen molar-refractivity contribution < 1.29 is 9.18 Å². The first kappa shape index (κ1) is 16.1. The van der Waals surface area contributed by atoms with Gasteiger partial charge in [-0.25, -0.2) is 4.39 Å². The van der Waals surface area contributed by atoms with Crippen LogP contribution in [0.2, 0.25) is 0 Å². The molecule has 2 aromatic carbocycles. The SMILES string of the molecule is O=C(CSc1ccc2c(c1)CCC2)NCCc1ccc(F)cc1. The van der Waals surface area contributed by atoms with E-state index >= 15 is 0 Å². The summed E-state index contributed by atoms with van der Waals surface area (Å²) < 4.78 is 12.8. The molecule has 0 aliphatic heterocycles.